The van der Waals surface area contributed by atoms with Gasteiger partial charge in [-0.3, -0.25) is 0 Å². The van der Waals surface area contributed by atoms with Crippen LogP contribution >= 0.6 is 0 Å². The van der Waals surface area contributed by atoms with Crippen LogP contribution in [0.2, 0.25) is 0 Å². The molecule has 0 fully saturated rings. The number of allylic oxidation sites excluding steroid dienone is 5. The van der Waals surface area contributed by atoms with Gasteiger partial charge in [0.05, 0.1) is 0 Å². The minimum atomic E-state index is 1.01. The van der Waals surface area contributed by atoms with Gasteiger partial charge >= 0.3 is 0 Å². The SMILES string of the molecule is C=CC/C(=C\C=C(C)C)CC. The summed E-state index contributed by atoms with van der Waals surface area (Å²) in [6, 6.07) is 0. The third-order valence-corrected chi connectivity index (χ3v) is 1.51. The van der Waals surface area contributed by atoms with E-state index in [1.54, 1.807) is 0 Å². The zero-order valence-corrected chi connectivity index (χ0v) is 7.85. The molecule has 62 valence electrons. The molecule has 0 aliphatic heterocycles. The van der Waals surface area contributed by atoms with Crippen molar-refractivity contribution in [2.75, 3.05) is 0 Å². The van der Waals surface area contributed by atoms with Gasteiger partial charge in [-0.2, -0.15) is 0 Å². The first-order valence-electron chi connectivity index (χ1n) is 4.14. The van der Waals surface area contributed by atoms with Crippen LogP contribution < -0.4 is 0 Å². The summed E-state index contributed by atoms with van der Waals surface area (Å²) >= 11 is 0. The molecule has 0 saturated carbocycles. The van der Waals surface area contributed by atoms with Gasteiger partial charge < -0.3 is 0 Å². The van der Waals surface area contributed by atoms with Crippen LogP contribution in [0.3, 0.4) is 0 Å². The number of hydrogen-bond donors (Lipinski definition) is 0. The lowest BCUT2D eigenvalue weighted by molar-refractivity contribution is 1.03. The lowest BCUT2D eigenvalue weighted by atomic mass is 10.1. The Balaban J connectivity index is 4.11. The Hall–Kier alpha value is -0.780. The van der Waals surface area contributed by atoms with E-state index >= 15 is 0 Å². The quantitative estimate of drug-likeness (QED) is 0.421. The van der Waals surface area contributed by atoms with Crippen molar-refractivity contribution in [2.45, 2.75) is 33.6 Å². The standard InChI is InChI=1S/C11H18/c1-5-7-11(6-2)9-8-10(3)4/h5,8-9H,1,6-7H2,2-4H3/b11-9-. The average molecular weight is 150 g/mol. The van der Waals surface area contributed by atoms with E-state index in [-0.39, 0.29) is 0 Å². The molecule has 0 spiro atoms. The maximum atomic E-state index is 3.71. The Morgan fingerprint density at radius 2 is 1.91 bits per heavy atom. The third-order valence-electron chi connectivity index (χ3n) is 1.51. The van der Waals surface area contributed by atoms with Crippen molar-refractivity contribution in [3.05, 3.63) is 36.0 Å². The molecule has 0 rings (SSSR count). The van der Waals surface area contributed by atoms with E-state index in [1.165, 1.54) is 11.1 Å². The van der Waals surface area contributed by atoms with Crippen molar-refractivity contribution in [1.29, 1.82) is 0 Å². The van der Waals surface area contributed by atoms with Gasteiger partial charge in [-0.15, -0.1) is 6.58 Å². The fourth-order valence-electron chi connectivity index (χ4n) is 0.800. The minimum absolute atomic E-state index is 1.01. The average Bonchev–Trinajstić information content (AvgIpc) is 1.97. The Morgan fingerprint density at radius 1 is 1.27 bits per heavy atom. The maximum Gasteiger partial charge on any atom is -0.0138 e. The van der Waals surface area contributed by atoms with Crippen LogP contribution in [-0.2, 0) is 0 Å². The minimum Gasteiger partial charge on any atom is -0.103 e. The molecule has 0 nitrogen and oxygen atoms in total. The summed E-state index contributed by atoms with van der Waals surface area (Å²) in [6.07, 6.45) is 8.43. The summed E-state index contributed by atoms with van der Waals surface area (Å²) in [7, 11) is 0. The normalized spacial score (nSPS) is 11.0. The van der Waals surface area contributed by atoms with E-state index in [9.17, 15) is 0 Å². The van der Waals surface area contributed by atoms with Crippen molar-refractivity contribution >= 4 is 0 Å². The first-order valence-corrected chi connectivity index (χ1v) is 4.14. The second kappa shape index (κ2) is 5.96. The topological polar surface area (TPSA) is 0 Å². The Morgan fingerprint density at radius 3 is 2.27 bits per heavy atom. The molecular weight excluding hydrogens is 132 g/mol. The molecule has 0 unspecified atom stereocenters. The van der Waals surface area contributed by atoms with E-state index in [2.05, 4.69) is 39.5 Å². The van der Waals surface area contributed by atoms with Gasteiger partial charge in [-0.05, 0) is 26.7 Å². The van der Waals surface area contributed by atoms with Crippen LogP contribution in [0.1, 0.15) is 33.6 Å². The summed E-state index contributed by atoms with van der Waals surface area (Å²) < 4.78 is 0. The van der Waals surface area contributed by atoms with Gasteiger partial charge in [0.2, 0.25) is 0 Å². The summed E-state index contributed by atoms with van der Waals surface area (Å²) in [5.41, 5.74) is 2.79. The molecule has 0 aromatic carbocycles. The molecule has 0 aliphatic carbocycles. The van der Waals surface area contributed by atoms with E-state index in [0.717, 1.165) is 12.8 Å². The summed E-state index contributed by atoms with van der Waals surface area (Å²) in [6.45, 7) is 10.1. The fraction of sp³-hybridized carbons (Fsp3) is 0.455. The molecule has 0 aromatic heterocycles. The highest BCUT2D eigenvalue weighted by molar-refractivity contribution is 5.17. The lowest BCUT2D eigenvalue weighted by Crippen LogP contribution is -1.76. The zero-order chi connectivity index (χ0) is 8.69. The van der Waals surface area contributed by atoms with Gasteiger partial charge in [0.25, 0.3) is 0 Å². The molecule has 0 atom stereocenters. The largest absolute Gasteiger partial charge is 0.103 e. The monoisotopic (exact) mass is 150 g/mol. The molecule has 0 heteroatoms. The lowest BCUT2D eigenvalue weighted by Gasteiger charge is -1.97. The second-order valence-electron chi connectivity index (χ2n) is 2.92. The highest BCUT2D eigenvalue weighted by Gasteiger charge is 1.87. The summed E-state index contributed by atoms with van der Waals surface area (Å²) in [5.74, 6) is 0. The van der Waals surface area contributed by atoms with Crippen molar-refractivity contribution in [3.8, 4) is 0 Å². The molecule has 0 amide bonds. The molecule has 0 bridgehead atoms. The van der Waals surface area contributed by atoms with Gasteiger partial charge in [0, 0.05) is 0 Å². The molecule has 0 aromatic rings. The Bertz CT molecular complexity index is 166. The summed E-state index contributed by atoms with van der Waals surface area (Å²) in [4.78, 5) is 0. The van der Waals surface area contributed by atoms with E-state index < -0.39 is 0 Å². The van der Waals surface area contributed by atoms with Gasteiger partial charge in [-0.1, -0.05) is 36.3 Å². The van der Waals surface area contributed by atoms with Gasteiger partial charge in [-0.25, -0.2) is 0 Å². The third kappa shape index (κ3) is 5.65. The molecule has 0 aliphatic rings. The molecule has 0 N–H and O–H groups in total. The fourth-order valence-corrected chi connectivity index (χ4v) is 0.800. The predicted octanol–water partition coefficient (Wildman–Crippen LogP) is 3.87. The molecule has 11 heavy (non-hydrogen) atoms. The van der Waals surface area contributed by atoms with Crippen LogP contribution in [0.4, 0.5) is 0 Å². The van der Waals surface area contributed by atoms with Crippen molar-refractivity contribution in [3.63, 3.8) is 0 Å². The zero-order valence-electron chi connectivity index (χ0n) is 7.85. The van der Waals surface area contributed by atoms with Crippen LogP contribution in [0, 0.1) is 0 Å². The Labute approximate surface area is 70.3 Å². The Kier molecular flexibility index (Phi) is 5.54. The van der Waals surface area contributed by atoms with Crippen LogP contribution in [0.25, 0.3) is 0 Å². The first kappa shape index (κ1) is 10.2. The number of rotatable bonds is 4. The van der Waals surface area contributed by atoms with Crippen LogP contribution in [-0.4, -0.2) is 0 Å². The first-order chi connectivity index (χ1) is 5.20. The van der Waals surface area contributed by atoms with Gasteiger partial charge in [0.15, 0.2) is 0 Å². The molecule has 0 radical (unpaired) electrons. The van der Waals surface area contributed by atoms with E-state index in [1.807, 2.05) is 6.08 Å². The van der Waals surface area contributed by atoms with E-state index in [0.29, 0.717) is 0 Å². The van der Waals surface area contributed by atoms with Crippen molar-refractivity contribution < 1.29 is 0 Å². The second-order valence-corrected chi connectivity index (χ2v) is 2.92. The molecular formula is C11H18. The summed E-state index contributed by atoms with van der Waals surface area (Å²) in [5, 5.41) is 0. The highest BCUT2D eigenvalue weighted by Crippen LogP contribution is 2.07. The maximum absolute atomic E-state index is 3.71. The predicted molar refractivity (Wildman–Crippen MR) is 52.6 cm³/mol. The van der Waals surface area contributed by atoms with Crippen molar-refractivity contribution in [1.82, 2.24) is 0 Å². The van der Waals surface area contributed by atoms with Gasteiger partial charge in [0.1, 0.15) is 0 Å². The van der Waals surface area contributed by atoms with E-state index in [4.69, 9.17) is 0 Å². The van der Waals surface area contributed by atoms with Crippen LogP contribution in [0.5, 0.6) is 0 Å². The smallest absolute Gasteiger partial charge is 0.0138 e. The van der Waals surface area contributed by atoms with Crippen LogP contribution in [0.15, 0.2) is 36.0 Å². The molecule has 0 saturated heterocycles. The van der Waals surface area contributed by atoms with Crippen molar-refractivity contribution in [2.24, 2.45) is 0 Å². The molecule has 0 heterocycles. The number of hydrogen-bond acceptors (Lipinski definition) is 0. The highest BCUT2D eigenvalue weighted by atomic mass is 13.9.